The summed E-state index contributed by atoms with van der Waals surface area (Å²) in [5.41, 5.74) is 2.57. The van der Waals surface area contributed by atoms with E-state index in [1.807, 2.05) is 30.3 Å². The van der Waals surface area contributed by atoms with E-state index in [2.05, 4.69) is 9.82 Å². The largest absolute Gasteiger partial charge is 0.261 e. The zero-order valence-electron chi connectivity index (χ0n) is 5.90. The van der Waals surface area contributed by atoms with E-state index < -0.39 is 0 Å². The molecule has 11 heavy (non-hydrogen) atoms. The predicted molar refractivity (Wildman–Crippen MR) is 49.5 cm³/mol. The maximum Gasteiger partial charge on any atom is 0.0768 e. The molecule has 0 amide bonds. The molecule has 4 heteroatoms. The highest BCUT2D eigenvalue weighted by Crippen LogP contribution is 2.09. The van der Waals surface area contributed by atoms with Gasteiger partial charge in [-0.25, -0.2) is 4.99 Å². The van der Waals surface area contributed by atoms with Crippen LogP contribution in [0.25, 0.3) is 0 Å². The van der Waals surface area contributed by atoms with Gasteiger partial charge in [0.05, 0.1) is 11.2 Å². The van der Waals surface area contributed by atoms with Crippen LogP contribution in [0.15, 0.2) is 35.3 Å². The SMILES string of the molecule is NNS/C=N/c1ccccc1. The van der Waals surface area contributed by atoms with Crippen molar-refractivity contribution in [1.82, 2.24) is 4.83 Å². The van der Waals surface area contributed by atoms with Crippen molar-refractivity contribution in [3.63, 3.8) is 0 Å². The first kappa shape index (κ1) is 8.26. The quantitative estimate of drug-likeness (QED) is 0.235. The molecule has 0 aromatic heterocycles. The molecular weight excluding hydrogens is 158 g/mol. The molecule has 0 saturated heterocycles. The van der Waals surface area contributed by atoms with Crippen molar-refractivity contribution in [2.75, 3.05) is 0 Å². The lowest BCUT2D eigenvalue weighted by Gasteiger charge is -1.90. The summed E-state index contributed by atoms with van der Waals surface area (Å²) in [4.78, 5) is 6.50. The third-order valence-electron chi connectivity index (χ3n) is 1.08. The molecule has 58 valence electrons. The smallest absolute Gasteiger partial charge is 0.0768 e. The molecular formula is C7H9N3S. The summed E-state index contributed by atoms with van der Waals surface area (Å²) in [5, 5.41) is 0. The van der Waals surface area contributed by atoms with E-state index in [0.717, 1.165) is 5.69 Å². The van der Waals surface area contributed by atoms with Crippen LogP contribution in [-0.4, -0.2) is 5.55 Å². The highest BCUT2D eigenvalue weighted by Gasteiger charge is 1.81. The van der Waals surface area contributed by atoms with Gasteiger partial charge in [-0.05, 0) is 24.1 Å². The van der Waals surface area contributed by atoms with Gasteiger partial charge in [-0.2, -0.15) is 4.83 Å². The van der Waals surface area contributed by atoms with Crippen molar-refractivity contribution >= 4 is 23.2 Å². The van der Waals surface area contributed by atoms with Crippen molar-refractivity contribution in [3.8, 4) is 0 Å². The van der Waals surface area contributed by atoms with E-state index in [0.29, 0.717) is 0 Å². The zero-order chi connectivity index (χ0) is 7.94. The van der Waals surface area contributed by atoms with Crippen molar-refractivity contribution in [3.05, 3.63) is 30.3 Å². The Bertz CT molecular complexity index is 222. The van der Waals surface area contributed by atoms with Crippen LogP contribution in [-0.2, 0) is 0 Å². The van der Waals surface area contributed by atoms with Crippen LogP contribution in [0.5, 0.6) is 0 Å². The zero-order valence-corrected chi connectivity index (χ0v) is 6.71. The van der Waals surface area contributed by atoms with E-state index in [1.165, 1.54) is 11.9 Å². The van der Waals surface area contributed by atoms with Gasteiger partial charge in [0.1, 0.15) is 0 Å². The lowest BCUT2D eigenvalue weighted by molar-refractivity contribution is 1.13. The fourth-order valence-corrected chi connectivity index (χ4v) is 0.867. The number of nitrogens with one attached hydrogen (secondary N) is 1. The number of hydrogen-bond acceptors (Lipinski definition) is 4. The number of hydrogen-bond donors (Lipinski definition) is 2. The van der Waals surface area contributed by atoms with Crippen LogP contribution in [0.4, 0.5) is 5.69 Å². The van der Waals surface area contributed by atoms with Crippen molar-refractivity contribution < 1.29 is 0 Å². The monoisotopic (exact) mass is 167 g/mol. The molecule has 3 N–H and O–H groups in total. The molecule has 0 fully saturated rings. The van der Waals surface area contributed by atoms with Gasteiger partial charge in [0.15, 0.2) is 0 Å². The van der Waals surface area contributed by atoms with Crippen LogP contribution in [0, 0.1) is 0 Å². The Labute approximate surface area is 69.8 Å². The first-order valence-electron chi connectivity index (χ1n) is 3.12. The molecule has 0 radical (unpaired) electrons. The second-order valence-corrected chi connectivity index (χ2v) is 2.49. The standard InChI is InChI=1S/C7H9N3S/c8-10-11-6-9-7-4-2-1-3-5-7/h1-6,10H,8H2/b9-6+. The molecule has 0 atom stereocenters. The Balaban J connectivity index is 2.50. The highest BCUT2D eigenvalue weighted by atomic mass is 32.2. The first-order chi connectivity index (χ1) is 5.43. The molecule has 0 unspecified atom stereocenters. The second kappa shape index (κ2) is 4.90. The third-order valence-corrected chi connectivity index (χ3v) is 1.43. The maximum atomic E-state index is 5.01. The highest BCUT2D eigenvalue weighted by molar-refractivity contribution is 8.10. The van der Waals surface area contributed by atoms with Crippen molar-refractivity contribution in [2.45, 2.75) is 0 Å². The summed E-state index contributed by atoms with van der Waals surface area (Å²) < 4.78 is 0. The molecule has 1 aromatic carbocycles. The normalized spacial score (nSPS) is 10.6. The fraction of sp³-hybridized carbons (Fsp3) is 0. The van der Waals surface area contributed by atoms with Gasteiger partial charge in [0.25, 0.3) is 0 Å². The van der Waals surface area contributed by atoms with Gasteiger partial charge in [-0.15, -0.1) is 0 Å². The molecule has 3 nitrogen and oxygen atoms in total. The average Bonchev–Trinajstić information content (AvgIpc) is 2.07. The van der Waals surface area contributed by atoms with Gasteiger partial charge in [0, 0.05) is 0 Å². The summed E-state index contributed by atoms with van der Waals surface area (Å²) in [5.74, 6) is 5.01. The molecule has 0 heterocycles. The van der Waals surface area contributed by atoms with Crippen molar-refractivity contribution in [2.24, 2.45) is 10.8 Å². The van der Waals surface area contributed by atoms with Crippen molar-refractivity contribution in [1.29, 1.82) is 0 Å². The van der Waals surface area contributed by atoms with E-state index >= 15 is 0 Å². The van der Waals surface area contributed by atoms with Gasteiger partial charge in [-0.3, -0.25) is 5.84 Å². The van der Waals surface area contributed by atoms with Crippen LogP contribution < -0.4 is 10.7 Å². The van der Waals surface area contributed by atoms with Gasteiger partial charge in [-0.1, -0.05) is 18.2 Å². The van der Waals surface area contributed by atoms with Gasteiger partial charge >= 0.3 is 0 Å². The van der Waals surface area contributed by atoms with Crippen LogP contribution in [0.2, 0.25) is 0 Å². The number of benzene rings is 1. The molecule has 0 saturated carbocycles. The summed E-state index contributed by atoms with van der Waals surface area (Å²) in [7, 11) is 0. The second-order valence-electron chi connectivity index (χ2n) is 1.81. The Kier molecular flexibility index (Phi) is 3.68. The van der Waals surface area contributed by atoms with E-state index in [4.69, 9.17) is 5.84 Å². The summed E-state index contributed by atoms with van der Waals surface area (Å²) in [6.45, 7) is 0. The Morgan fingerprint density at radius 1 is 1.36 bits per heavy atom. The molecule has 1 rings (SSSR count). The Morgan fingerprint density at radius 3 is 2.73 bits per heavy atom. The van der Waals surface area contributed by atoms with Crippen LogP contribution in [0.3, 0.4) is 0 Å². The lowest BCUT2D eigenvalue weighted by Crippen LogP contribution is -2.10. The van der Waals surface area contributed by atoms with Crippen LogP contribution in [0.1, 0.15) is 0 Å². The number of hydrazine groups is 1. The predicted octanol–water partition coefficient (Wildman–Crippen LogP) is 1.46. The average molecular weight is 167 g/mol. The fourth-order valence-electron chi connectivity index (χ4n) is 0.632. The molecule has 0 bridgehead atoms. The van der Waals surface area contributed by atoms with Gasteiger partial charge < -0.3 is 0 Å². The lowest BCUT2D eigenvalue weighted by atomic mass is 10.3. The first-order valence-corrected chi connectivity index (χ1v) is 4.00. The molecule has 0 aliphatic carbocycles. The molecule has 0 aliphatic heterocycles. The number of nitrogens with two attached hydrogens (primary N) is 1. The Hall–Kier alpha value is -0.840. The number of aliphatic imine (C=N–C) groups is 1. The van der Waals surface area contributed by atoms with E-state index in [-0.39, 0.29) is 0 Å². The summed E-state index contributed by atoms with van der Waals surface area (Å²) in [6, 6.07) is 9.68. The van der Waals surface area contributed by atoms with E-state index in [1.54, 1.807) is 5.55 Å². The van der Waals surface area contributed by atoms with Gasteiger partial charge in [0.2, 0.25) is 0 Å². The number of rotatable bonds is 3. The number of nitrogens with zero attached hydrogens (tertiary/aromatic N) is 1. The summed E-state index contributed by atoms with van der Waals surface area (Å²) in [6.07, 6.45) is 0. The summed E-state index contributed by atoms with van der Waals surface area (Å²) >= 11 is 1.24. The molecule has 1 aromatic rings. The minimum absolute atomic E-state index is 0.926. The Morgan fingerprint density at radius 2 is 2.09 bits per heavy atom. The molecule has 0 spiro atoms. The topological polar surface area (TPSA) is 50.4 Å². The third kappa shape index (κ3) is 3.18. The maximum absolute atomic E-state index is 5.01. The number of para-hydroxylation sites is 1. The minimum Gasteiger partial charge on any atom is -0.261 e. The van der Waals surface area contributed by atoms with Crippen LogP contribution >= 0.6 is 11.9 Å². The molecule has 0 aliphatic rings. The minimum atomic E-state index is 0.926. The van der Waals surface area contributed by atoms with E-state index in [9.17, 15) is 0 Å².